The van der Waals surface area contributed by atoms with E-state index in [0.29, 0.717) is 19.1 Å². The van der Waals surface area contributed by atoms with Gasteiger partial charge in [0, 0.05) is 18.1 Å². The summed E-state index contributed by atoms with van der Waals surface area (Å²) in [6.07, 6.45) is 6.58. The number of fused-ring (bicyclic) bond motifs is 2. The van der Waals surface area contributed by atoms with E-state index in [2.05, 4.69) is 35.2 Å². The van der Waals surface area contributed by atoms with E-state index in [0.717, 1.165) is 19.4 Å². The molecule has 2 heterocycles. The molecule has 0 aromatic heterocycles. The number of carbonyl (C=O) groups excluding carboxylic acids is 1. The first kappa shape index (κ1) is 14.6. The van der Waals surface area contributed by atoms with Gasteiger partial charge in [-0.3, -0.25) is 9.69 Å². The Morgan fingerprint density at radius 3 is 2.86 bits per heavy atom. The molecule has 2 bridgehead atoms. The topological polar surface area (TPSA) is 29.5 Å². The van der Waals surface area contributed by atoms with Crippen LogP contribution in [-0.2, 0) is 16.1 Å². The number of nitrogens with zero attached hydrogens (tertiary/aromatic N) is 1. The number of hydrogen-bond donors (Lipinski definition) is 0. The zero-order chi connectivity index (χ0) is 14.7. The summed E-state index contributed by atoms with van der Waals surface area (Å²) in [6.45, 7) is 3.33. The lowest BCUT2D eigenvalue weighted by molar-refractivity contribution is -0.147. The first-order valence-corrected chi connectivity index (χ1v) is 8.20. The first-order valence-electron chi connectivity index (χ1n) is 8.20. The molecule has 2 atom stereocenters. The van der Waals surface area contributed by atoms with Gasteiger partial charge in [0.1, 0.15) is 0 Å². The van der Waals surface area contributed by atoms with Crippen LogP contribution in [0.3, 0.4) is 0 Å². The molecule has 2 unspecified atom stereocenters. The summed E-state index contributed by atoms with van der Waals surface area (Å²) in [4.78, 5) is 14.6. The van der Waals surface area contributed by atoms with E-state index >= 15 is 0 Å². The van der Waals surface area contributed by atoms with Crippen molar-refractivity contribution in [1.82, 2.24) is 4.90 Å². The minimum absolute atomic E-state index is 0.0295. The van der Waals surface area contributed by atoms with Gasteiger partial charge in [-0.15, -0.1) is 0 Å². The molecule has 2 aliphatic heterocycles. The summed E-state index contributed by atoms with van der Waals surface area (Å²) >= 11 is 0. The second-order valence-corrected chi connectivity index (χ2v) is 6.40. The molecule has 0 N–H and O–H groups in total. The van der Waals surface area contributed by atoms with Crippen LogP contribution in [0, 0.1) is 0 Å². The van der Waals surface area contributed by atoms with E-state index in [1.54, 1.807) is 0 Å². The summed E-state index contributed by atoms with van der Waals surface area (Å²) in [7, 11) is 0. The van der Waals surface area contributed by atoms with Crippen LogP contribution in [-0.4, -0.2) is 29.1 Å². The van der Waals surface area contributed by atoms with Crippen molar-refractivity contribution in [2.24, 2.45) is 0 Å². The van der Waals surface area contributed by atoms with Crippen molar-refractivity contribution in [3.05, 3.63) is 35.9 Å². The lowest BCUT2D eigenvalue weighted by Crippen LogP contribution is -2.51. The van der Waals surface area contributed by atoms with Crippen LogP contribution in [0.25, 0.3) is 0 Å². The summed E-state index contributed by atoms with van der Waals surface area (Å²) < 4.78 is 5.22. The van der Waals surface area contributed by atoms with Crippen LogP contribution in [0.1, 0.15) is 51.0 Å². The van der Waals surface area contributed by atoms with Crippen molar-refractivity contribution in [2.45, 2.75) is 63.6 Å². The van der Waals surface area contributed by atoms with E-state index in [-0.39, 0.29) is 11.5 Å². The maximum absolute atomic E-state index is 12.0. The summed E-state index contributed by atoms with van der Waals surface area (Å²) in [5.41, 5.74) is 1.39. The number of esters is 1. The van der Waals surface area contributed by atoms with Gasteiger partial charge in [0.25, 0.3) is 0 Å². The van der Waals surface area contributed by atoms with E-state index in [4.69, 9.17) is 4.74 Å². The minimum Gasteiger partial charge on any atom is -0.466 e. The quantitative estimate of drug-likeness (QED) is 0.776. The van der Waals surface area contributed by atoms with E-state index in [1.807, 2.05) is 6.92 Å². The zero-order valence-electron chi connectivity index (χ0n) is 12.9. The second kappa shape index (κ2) is 6.18. The molecule has 1 aromatic carbocycles. The highest BCUT2D eigenvalue weighted by Crippen LogP contribution is 2.47. The molecule has 3 rings (SSSR count). The molecular formula is C18H25NO2. The smallest absolute Gasteiger partial charge is 0.307 e. The number of benzene rings is 1. The average Bonchev–Trinajstić information content (AvgIpc) is 2.68. The van der Waals surface area contributed by atoms with Crippen molar-refractivity contribution < 1.29 is 9.53 Å². The van der Waals surface area contributed by atoms with E-state index in [9.17, 15) is 4.79 Å². The fourth-order valence-corrected chi connectivity index (χ4v) is 4.19. The van der Waals surface area contributed by atoms with Crippen molar-refractivity contribution in [3.63, 3.8) is 0 Å². The Morgan fingerprint density at radius 1 is 1.29 bits per heavy atom. The number of carbonyl (C=O) groups is 1. The third kappa shape index (κ3) is 2.98. The third-order valence-electron chi connectivity index (χ3n) is 5.15. The third-order valence-corrected chi connectivity index (χ3v) is 5.15. The number of hydrogen-bond acceptors (Lipinski definition) is 3. The molecule has 21 heavy (non-hydrogen) atoms. The molecule has 0 amide bonds. The molecule has 2 fully saturated rings. The molecule has 0 aliphatic carbocycles. The van der Waals surface area contributed by atoms with Crippen LogP contribution in [0.2, 0.25) is 0 Å². The molecule has 0 saturated carbocycles. The summed E-state index contributed by atoms with van der Waals surface area (Å²) in [5.74, 6) is -0.0295. The van der Waals surface area contributed by atoms with Crippen LogP contribution in [0.15, 0.2) is 30.3 Å². The molecule has 3 heteroatoms. The highest BCUT2D eigenvalue weighted by molar-refractivity contribution is 5.71. The zero-order valence-corrected chi connectivity index (χ0v) is 12.9. The van der Waals surface area contributed by atoms with Crippen LogP contribution in [0.4, 0.5) is 0 Å². The fraction of sp³-hybridized carbons (Fsp3) is 0.611. The molecule has 1 aromatic rings. The number of ether oxygens (including phenoxy) is 1. The highest BCUT2D eigenvalue weighted by atomic mass is 16.5. The Hall–Kier alpha value is -1.35. The SMILES string of the molecule is CCOC(=O)CC12CCCC(CC1)N2Cc1ccccc1. The highest BCUT2D eigenvalue weighted by Gasteiger charge is 2.49. The Balaban J connectivity index is 1.77. The van der Waals surface area contributed by atoms with E-state index in [1.165, 1.54) is 24.8 Å². The predicted molar refractivity (Wildman–Crippen MR) is 82.8 cm³/mol. The molecule has 2 saturated heterocycles. The van der Waals surface area contributed by atoms with Crippen molar-refractivity contribution in [2.75, 3.05) is 6.61 Å². The van der Waals surface area contributed by atoms with Crippen LogP contribution < -0.4 is 0 Å². The lowest BCUT2D eigenvalue weighted by Gasteiger charge is -2.44. The van der Waals surface area contributed by atoms with Crippen LogP contribution in [0.5, 0.6) is 0 Å². The van der Waals surface area contributed by atoms with Gasteiger partial charge < -0.3 is 4.74 Å². The first-order chi connectivity index (χ1) is 10.2. The molecule has 2 aliphatic rings. The Morgan fingerprint density at radius 2 is 2.10 bits per heavy atom. The van der Waals surface area contributed by atoms with Gasteiger partial charge in [-0.2, -0.15) is 0 Å². The monoisotopic (exact) mass is 287 g/mol. The molecule has 0 spiro atoms. The van der Waals surface area contributed by atoms with Crippen molar-refractivity contribution in [3.8, 4) is 0 Å². The van der Waals surface area contributed by atoms with Gasteiger partial charge in [-0.05, 0) is 38.2 Å². The standard InChI is InChI=1S/C18H25NO2/c1-2-21-17(20)13-18-11-6-9-16(10-12-18)19(18)14-15-7-4-3-5-8-15/h3-5,7-8,16H,2,6,9-14H2,1H3. The number of piperidine rings is 1. The Bertz CT molecular complexity index is 483. The normalized spacial score (nSPS) is 28.5. The predicted octanol–water partition coefficient (Wildman–Crippen LogP) is 3.53. The van der Waals surface area contributed by atoms with E-state index < -0.39 is 0 Å². The van der Waals surface area contributed by atoms with Gasteiger partial charge in [-0.25, -0.2) is 0 Å². The van der Waals surface area contributed by atoms with Gasteiger partial charge in [0.2, 0.25) is 0 Å². The second-order valence-electron chi connectivity index (χ2n) is 6.40. The average molecular weight is 287 g/mol. The van der Waals surface area contributed by atoms with Crippen LogP contribution >= 0.6 is 0 Å². The Kier molecular flexibility index (Phi) is 4.29. The largest absolute Gasteiger partial charge is 0.466 e. The summed E-state index contributed by atoms with van der Waals surface area (Å²) in [5, 5.41) is 0. The number of rotatable bonds is 5. The maximum atomic E-state index is 12.0. The lowest BCUT2D eigenvalue weighted by atomic mass is 9.84. The molecule has 114 valence electrons. The van der Waals surface area contributed by atoms with Gasteiger partial charge in [0.15, 0.2) is 0 Å². The molecule has 0 radical (unpaired) electrons. The van der Waals surface area contributed by atoms with Gasteiger partial charge in [-0.1, -0.05) is 36.8 Å². The molecular weight excluding hydrogens is 262 g/mol. The van der Waals surface area contributed by atoms with Crippen molar-refractivity contribution in [1.29, 1.82) is 0 Å². The van der Waals surface area contributed by atoms with Gasteiger partial charge in [0.05, 0.1) is 13.0 Å². The maximum Gasteiger partial charge on any atom is 0.307 e. The molecule has 3 nitrogen and oxygen atoms in total. The van der Waals surface area contributed by atoms with Gasteiger partial charge >= 0.3 is 5.97 Å². The Labute approximate surface area is 127 Å². The minimum atomic E-state index is -0.0295. The fourth-order valence-electron chi connectivity index (χ4n) is 4.19. The summed E-state index contributed by atoms with van der Waals surface area (Å²) in [6, 6.07) is 11.3. The van der Waals surface area contributed by atoms with Crippen molar-refractivity contribution >= 4 is 5.97 Å².